The molecule has 0 spiro atoms. The van der Waals surface area contributed by atoms with Gasteiger partial charge in [-0.15, -0.1) is 0 Å². The average Bonchev–Trinajstić information content (AvgIpc) is 2.46. The van der Waals surface area contributed by atoms with Gasteiger partial charge in [-0.1, -0.05) is 30.3 Å². The van der Waals surface area contributed by atoms with Gasteiger partial charge in [0, 0.05) is 0 Å². The van der Waals surface area contributed by atoms with Gasteiger partial charge in [-0.05, 0) is 41.6 Å². The fourth-order valence-corrected chi connectivity index (χ4v) is 4.74. The molecule has 0 aliphatic heterocycles. The van der Waals surface area contributed by atoms with E-state index in [0.29, 0.717) is 0 Å². The average molecular weight is 364 g/mol. The van der Waals surface area contributed by atoms with Crippen LogP contribution in [-0.2, 0) is 9.84 Å². The summed E-state index contributed by atoms with van der Waals surface area (Å²) in [6.45, 7) is 0. The molecule has 0 amide bonds. The molecule has 0 aromatic heterocycles. The molecular formula is C15H12F4O2S2. The summed E-state index contributed by atoms with van der Waals surface area (Å²) in [6.07, 6.45) is 0. The van der Waals surface area contributed by atoms with Gasteiger partial charge in [-0.2, -0.15) is 13.2 Å². The van der Waals surface area contributed by atoms with Crippen molar-refractivity contribution >= 4 is 21.6 Å². The molecule has 0 saturated heterocycles. The Kier molecular flexibility index (Phi) is 5.36. The quantitative estimate of drug-likeness (QED) is 0.728. The predicted molar refractivity (Wildman–Crippen MR) is 81.3 cm³/mol. The van der Waals surface area contributed by atoms with Gasteiger partial charge in [-0.3, -0.25) is 0 Å². The van der Waals surface area contributed by atoms with Crippen LogP contribution in [0.25, 0.3) is 0 Å². The number of sulfone groups is 1. The third-order valence-electron chi connectivity index (χ3n) is 2.99. The molecule has 0 aliphatic rings. The standard InChI is InChI=1S/C15H12F4O2S2/c16-12-8-6-11(7-9-12)14(22-15(17,18)19)10-23(20,21)13-4-2-1-3-5-13/h1-9,14H,10H2. The van der Waals surface area contributed by atoms with Gasteiger partial charge < -0.3 is 0 Å². The highest BCUT2D eigenvalue weighted by Crippen LogP contribution is 2.43. The molecule has 2 aromatic rings. The summed E-state index contributed by atoms with van der Waals surface area (Å²) in [6, 6.07) is 11.6. The second kappa shape index (κ2) is 6.92. The zero-order valence-electron chi connectivity index (χ0n) is 11.6. The number of thioether (sulfide) groups is 1. The fraction of sp³-hybridized carbons (Fsp3) is 0.200. The lowest BCUT2D eigenvalue weighted by Crippen LogP contribution is -2.16. The van der Waals surface area contributed by atoms with Crippen LogP contribution in [0.1, 0.15) is 10.8 Å². The second-order valence-corrected chi connectivity index (χ2v) is 8.00. The minimum absolute atomic E-state index is 0.0464. The van der Waals surface area contributed by atoms with E-state index >= 15 is 0 Å². The number of hydrogen-bond acceptors (Lipinski definition) is 3. The van der Waals surface area contributed by atoms with Crippen LogP contribution in [0.4, 0.5) is 17.6 Å². The minimum atomic E-state index is -4.61. The zero-order chi connectivity index (χ0) is 17.1. The van der Waals surface area contributed by atoms with Crippen LogP contribution < -0.4 is 0 Å². The third-order valence-corrected chi connectivity index (χ3v) is 5.95. The molecule has 23 heavy (non-hydrogen) atoms. The molecule has 2 nitrogen and oxygen atoms in total. The summed E-state index contributed by atoms with van der Waals surface area (Å²) in [5, 5.41) is -1.37. The van der Waals surface area contributed by atoms with Gasteiger partial charge in [0.05, 0.1) is 15.9 Å². The molecule has 8 heteroatoms. The molecular weight excluding hydrogens is 352 g/mol. The van der Waals surface area contributed by atoms with Gasteiger partial charge in [0.25, 0.3) is 0 Å². The summed E-state index contributed by atoms with van der Waals surface area (Å²) in [5.41, 5.74) is -4.50. The van der Waals surface area contributed by atoms with Crippen LogP contribution in [0.15, 0.2) is 59.5 Å². The van der Waals surface area contributed by atoms with Gasteiger partial charge >= 0.3 is 5.51 Å². The van der Waals surface area contributed by atoms with Crippen LogP contribution >= 0.6 is 11.8 Å². The number of alkyl halides is 3. The number of hydrogen-bond donors (Lipinski definition) is 0. The largest absolute Gasteiger partial charge is 0.442 e. The first-order chi connectivity index (χ1) is 10.7. The van der Waals surface area contributed by atoms with E-state index < -0.39 is 43.9 Å². The monoisotopic (exact) mass is 364 g/mol. The van der Waals surface area contributed by atoms with Crippen LogP contribution in [0.3, 0.4) is 0 Å². The van der Waals surface area contributed by atoms with Crippen molar-refractivity contribution in [3.8, 4) is 0 Å². The van der Waals surface area contributed by atoms with Crippen molar-refractivity contribution in [1.82, 2.24) is 0 Å². The number of rotatable bonds is 5. The second-order valence-electron chi connectivity index (χ2n) is 4.70. The highest BCUT2D eigenvalue weighted by molar-refractivity contribution is 8.01. The van der Waals surface area contributed by atoms with Crippen molar-refractivity contribution in [2.75, 3.05) is 5.75 Å². The van der Waals surface area contributed by atoms with Crippen molar-refractivity contribution < 1.29 is 26.0 Å². The van der Waals surface area contributed by atoms with E-state index in [1.807, 2.05) is 0 Å². The van der Waals surface area contributed by atoms with E-state index in [2.05, 4.69) is 0 Å². The topological polar surface area (TPSA) is 34.1 Å². The Hall–Kier alpha value is -1.54. The van der Waals surface area contributed by atoms with Gasteiger partial charge in [-0.25, -0.2) is 12.8 Å². The van der Waals surface area contributed by atoms with E-state index in [-0.39, 0.29) is 10.5 Å². The van der Waals surface area contributed by atoms with Gasteiger partial charge in [0.1, 0.15) is 5.82 Å². The molecule has 2 aromatic carbocycles. The maximum atomic E-state index is 12.9. The van der Waals surface area contributed by atoms with E-state index in [4.69, 9.17) is 0 Å². The highest BCUT2D eigenvalue weighted by Gasteiger charge is 2.36. The first-order valence-electron chi connectivity index (χ1n) is 6.45. The minimum Gasteiger partial charge on any atom is -0.224 e. The lowest BCUT2D eigenvalue weighted by molar-refractivity contribution is -0.0333. The lowest BCUT2D eigenvalue weighted by Gasteiger charge is -2.18. The van der Waals surface area contributed by atoms with E-state index in [1.165, 1.54) is 36.4 Å². The Morgan fingerprint density at radius 3 is 2.04 bits per heavy atom. The number of halogens is 4. The molecule has 0 fully saturated rings. The van der Waals surface area contributed by atoms with Crippen molar-refractivity contribution in [2.45, 2.75) is 15.7 Å². The first kappa shape index (κ1) is 17.8. The molecule has 2 rings (SSSR count). The van der Waals surface area contributed by atoms with Crippen LogP contribution in [0.2, 0.25) is 0 Å². The third kappa shape index (κ3) is 5.24. The molecule has 0 radical (unpaired) electrons. The van der Waals surface area contributed by atoms with E-state index in [9.17, 15) is 26.0 Å². The zero-order valence-corrected chi connectivity index (χ0v) is 13.3. The van der Waals surface area contributed by atoms with Crippen molar-refractivity contribution in [3.63, 3.8) is 0 Å². The SMILES string of the molecule is O=S(=O)(CC(SC(F)(F)F)c1ccc(F)cc1)c1ccccc1. The van der Waals surface area contributed by atoms with Crippen molar-refractivity contribution in [1.29, 1.82) is 0 Å². The maximum absolute atomic E-state index is 12.9. The summed E-state index contributed by atoms with van der Waals surface area (Å²) in [7, 11) is -3.90. The smallest absolute Gasteiger partial charge is 0.224 e. The summed E-state index contributed by atoms with van der Waals surface area (Å²) in [4.78, 5) is -0.0464. The van der Waals surface area contributed by atoms with E-state index in [1.54, 1.807) is 6.07 Å². The normalized spacial score (nSPS) is 13.7. The molecule has 1 atom stereocenters. The first-order valence-corrected chi connectivity index (χ1v) is 8.98. The summed E-state index contributed by atoms with van der Waals surface area (Å²) in [5.74, 6) is -1.33. The fourth-order valence-electron chi connectivity index (χ4n) is 1.96. The molecule has 0 heterocycles. The molecule has 1 unspecified atom stereocenters. The van der Waals surface area contributed by atoms with Crippen LogP contribution in [0, 0.1) is 5.82 Å². The predicted octanol–water partition coefficient (Wildman–Crippen LogP) is 4.59. The molecule has 124 valence electrons. The van der Waals surface area contributed by atoms with Crippen molar-refractivity contribution in [3.05, 3.63) is 66.0 Å². The van der Waals surface area contributed by atoms with Gasteiger partial charge in [0.15, 0.2) is 9.84 Å². The molecule has 0 N–H and O–H groups in total. The molecule has 0 aliphatic carbocycles. The van der Waals surface area contributed by atoms with Crippen LogP contribution in [-0.4, -0.2) is 19.7 Å². The van der Waals surface area contributed by atoms with Crippen molar-refractivity contribution in [2.24, 2.45) is 0 Å². The van der Waals surface area contributed by atoms with Crippen LogP contribution in [0.5, 0.6) is 0 Å². The van der Waals surface area contributed by atoms with E-state index in [0.717, 1.165) is 12.1 Å². The lowest BCUT2D eigenvalue weighted by atomic mass is 10.2. The summed E-state index contributed by atoms with van der Waals surface area (Å²) >= 11 is -0.419. The summed E-state index contributed by atoms with van der Waals surface area (Å²) < 4.78 is 75.8. The maximum Gasteiger partial charge on any atom is 0.442 e. The highest BCUT2D eigenvalue weighted by atomic mass is 32.2. The Morgan fingerprint density at radius 2 is 1.52 bits per heavy atom. The Labute approximate surface area is 135 Å². The Morgan fingerprint density at radius 1 is 0.957 bits per heavy atom. The number of benzene rings is 2. The molecule has 0 bridgehead atoms. The Balaban J connectivity index is 2.33. The Bertz CT molecular complexity index is 741. The van der Waals surface area contributed by atoms with Gasteiger partial charge in [0.2, 0.25) is 0 Å². The molecule has 0 saturated carbocycles.